The monoisotopic (exact) mass is 258 g/mol. The minimum Gasteiger partial charge on any atom is -0.469 e. The highest BCUT2D eigenvalue weighted by atomic mass is 16.7. The molecule has 0 saturated carbocycles. The largest absolute Gasteiger partial charge is 0.469 e. The molecular formula is C13H22O5. The molecule has 2 atom stereocenters. The van der Waals surface area contributed by atoms with E-state index in [9.17, 15) is 9.59 Å². The van der Waals surface area contributed by atoms with Gasteiger partial charge in [-0.2, -0.15) is 0 Å². The molecule has 0 N–H and O–H groups in total. The van der Waals surface area contributed by atoms with Gasteiger partial charge in [0, 0.05) is 19.4 Å². The van der Waals surface area contributed by atoms with E-state index in [1.165, 1.54) is 7.11 Å². The molecule has 5 heteroatoms. The maximum Gasteiger partial charge on any atom is 0.305 e. The molecule has 18 heavy (non-hydrogen) atoms. The Labute approximate surface area is 108 Å². The van der Waals surface area contributed by atoms with E-state index in [0.717, 1.165) is 32.2 Å². The fourth-order valence-electron chi connectivity index (χ4n) is 1.95. The summed E-state index contributed by atoms with van der Waals surface area (Å²) >= 11 is 0. The maximum absolute atomic E-state index is 11.1. The zero-order valence-corrected chi connectivity index (χ0v) is 10.9. The van der Waals surface area contributed by atoms with Crippen molar-refractivity contribution in [1.82, 2.24) is 0 Å². The first kappa shape index (κ1) is 15.1. The molecule has 1 heterocycles. The number of hydrogen-bond donors (Lipinski definition) is 0. The molecule has 0 aromatic carbocycles. The van der Waals surface area contributed by atoms with Crippen molar-refractivity contribution in [3.8, 4) is 0 Å². The van der Waals surface area contributed by atoms with E-state index < -0.39 is 0 Å². The van der Waals surface area contributed by atoms with Crippen LogP contribution >= 0.6 is 0 Å². The molecule has 1 aliphatic rings. The van der Waals surface area contributed by atoms with Crippen LogP contribution in [-0.2, 0) is 23.8 Å². The lowest BCUT2D eigenvalue weighted by molar-refractivity contribution is -0.191. The third-order valence-corrected chi connectivity index (χ3v) is 2.99. The molecule has 1 fully saturated rings. The third kappa shape index (κ3) is 6.12. The van der Waals surface area contributed by atoms with Crippen LogP contribution in [0.2, 0.25) is 0 Å². The lowest BCUT2D eigenvalue weighted by Gasteiger charge is -2.27. The van der Waals surface area contributed by atoms with Gasteiger partial charge in [-0.15, -0.1) is 0 Å². The van der Waals surface area contributed by atoms with Crippen LogP contribution in [-0.4, -0.2) is 38.4 Å². The lowest BCUT2D eigenvalue weighted by atomic mass is 10.1. The summed E-state index contributed by atoms with van der Waals surface area (Å²) in [5, 5.41) is 0. The van der Waals surface area contributed by atoms with Crippen molar-refractivity contribution in [2.75, 3.05) is 13.7 Å². The second-order valence-corrected chi connectivity index (χ2v) is 4.41. The Morgan fingerprint density at radius 1 is 1.44 bits per heavy atom. The second kappa shape index (κ2) is 9.05. The number of carbonyl (C=O) groups is 2. The molecule has 5 nitrogen and oxygen atoms in total. The Balaban J connectivity index is 2.33. The van der Waals surface area contributed by atoms with Crippen LogP contribution in [0.3, 0.4) is 0 Å². The molecular weight excluding hydrogens is 236 g/mol. The van der Waals surface area contributed by atoms with Gasteiger partial charge in [0.15, 0.2) is 6.29 Å². The average molecular weight is 258 g/mol. The molecule has 1 rings (SSSR count). The number of hydrogen-bond acceptors (Lipinski definition) is 5. The molecule has 0 spiro atoms. The van der Waals surface area contributed by atoms with Gasteiger partial charge in [-0.25, -0.2) is 0 Å². The summed E-state index contributed by atoms with van der Waals surface area (Å²) in [7, 11) is 1.37. The molecule has 0 radical (unpaired) electrons. The number of rotatable bonds is 8. The van der Waals surface area contributed by atoms with Gasteiger partial charge in [-0.1, -0.05) is 0 Å². The fourth-order valence-corrected chi connectivity index (χ4v) is 1.95. The Kier molecular flexibility index (Phi) is 7.60. The van der Waals surface area contributed by atoms with Gasteiger partial charge in [-0.05, 0) is 32.1 Å². The van der Waals surface area contributed by atoms with Gasteiger partial charge < -0.3 is 19.0 Å². The molecule has 0 aromatic heterocycles. The van der Waals surface area contributed by atoms with Crippen molar-refractivity contribution in [2.45, 2.75) is 57.3 Å². The molecule has 1 aliphatic heterocycles. The number of ether oxygens (including phenoxy) is 3. The summed E-state index contributed by atoms with van der Waals surface area (Å²) in [5.74, 6) is -0.251. The van der Waals surface area contributed by atoms with E-state index in [4.69, 9.17) is 9.47 Å². The van der Waals surface area contributed by atoms with E-state index in [1.807, 2.05) is 0 Å². The van der Waals surface area contributed by atoms with Crippen LogP contribution < -0.4 is 0 Å². The minimum atomic E-state index is -0.251. The summed E-state index contributed by atoms with van der Waals surface area (Å²) in [5.41, 5.74) is 0. The predicted octanol–water partition coefficient (Wildman–Crippen LogP) is 1.83. The first-order valence-electron chi connectivity index (χ1n) is 6.53. The van der Waals surface area contributed by atoms with Crippen molar-refractivity contribution < 1.29 is 23.8 Å². The van der Waals surface area contributed by atoms with E-state index >= 15 is 0 Å². The zero-order valence-electron chi connectivity index (χ0n) is 10.9. The first-order valence-corrected chi connectivity index (χ1v) is 6.53. The predicted molar refractivity (Wildman–Crippen MR) is 65.0 cm³/mol. The molecule has 0 amide bonds. The Morgan fingerprint density at radius 3 is 2.89 bits per heavy atom. The molecule has 0 bridgehead atoms. The molecule has 1 saturated heterocycles. The van der Waals surface area contributed by atoms with Crippen molar-refractivity contribution in [3.63, 3.8) is 0 Å². The highest BCUT2D eigenvalue weighted by Crippen LogP contribution is 2.19. The van der Waals surface area contributed by atoms with Crippen molar-refractivity contribution in [3.05, 3.63) is 0 Å². The Morgan fingerprint density at radius 2 is 2.28 bits per heavy atom. The van der Waals surface area contributed by atoms with E-state index in [2.05, 4.69) is 4.74 Å². The smallest absolute Gasteiger partial charge is 0.305 e. The van der Waals surface area contributed by atoms with E-state index in [-0.39, 0.29) is 18.4 Å². The van der Waals surface area contributed by atoms with E-state index in [0.29, 0.717) is 25.7 Å². The number of aldehydes is 1. The Bertz CT molecular complexity index is 248. The number of esters is 1. The molecule has 0 aliphatic carbocycles. The molecule has 104 valence electrons. The van der Waals surface area contributed by atoms with E-state index in [1.54, 1.807) is 0 Å². The van der Waals surface area contributed by atoms with Crippen molar-refractivity contribution >= 4 is 12.3 Å². The Hall–Kier alpha value is -0.940. The quantitative estimate of drug-likeness (QED) is 0.491. The summed E-state index contributed by atoms with van der Waals surface area (Å²) in [6, 6.07) is 0. The van der Waals surface area contributed by atoms with Gasteiger partial charge >= 0.3 is 5.97 Å². The normalized spacial score (nSPS) is 21.3. The van der Waals surface area contributed by atoms with Crippen LogP contribution in [0.25, 0.3) is 0 Å². The van der Waals surface area contributed by atoms with Crippen LogP contribution in [0.4, 0.5) is 0 Å². The topological polar surface area (TPSA) is 61.8 Å². The molecule has 1 unspecified atom stereocenters. The van der Waals surface area contributed by atoms with Crippen LogP contribution in [0.1, 0.15) is 44.9 Å². The van der Waals surface area contributed by atoms with Gasteiger partial charge in [0.2, 0.25) is 0 Å². The third-order valence-electron chi connectivity index (χ3n) is 2.99. The average Bonchev–Trinajstić information content (AvgIpc) is 2.42. The number of carbonyl (C=O) groups excluding carboxylic acids is 2. The van der Waals surface area contributed by atoms with Crippen molar-refractivity contribution in [1.29, 1.82) is 0 Å². The van der Waals surface area contributed by atoms with Crippen LogP contribution in [0.5, 0.6) is 0 Å². The van der Waals surface area contributed by atoms with Gasteiger partial charge in [0.25, 0.3) is 0 Å². The first-order chi connectivity index (χ1) is 8.76. The maximum atomic E-state index is 11.1. The van der Waals surface area contributed by atoms with Gasteiger partial charge in [0.1, 0.15) is 6.29 Å². The lowest BCUT2D eigenvalue weighted by Crippen LogP contribution is -2.28. The summed E-state index contributed by atoms with van der Waals surface area (Å²) in [6.07, 6.45) is 5.58. The second-order valence-electron chi connectivity index (χ2n) is 4.41. The summed E-state index contributed by atoms with van der Waals surface area (Å²) in [4.78, 5) is 21.5. The van der Waals surface area contributed by atoms with Gasteiger partial charge in [0.05, 0.1) is 13.2 Å². The van der Waals surface area contributed by atoms with Crippen molar-refractivity contribution in [2.24, 2.45) is 0 Å². The summed E-state index contributed by atoms with van der Waals surface area (Å²) < 4.78 is 15.9. The highest BCUT2D eigenvalue weighted by molar-refractivity contribution is 5.69. The zero-order chi connectivity index (χ0) is 13.2. The SMILES string of the molecule is COC(=O)CC[C@@H](CCC=O)OC1CCCCO1. The van der Waals surface area contributed by atoms with Gasteiger partial charge in [-0.3, -0.25) is 4.79 Å². The van der Waals surface area contributed by atoms with Crippen LogP contribution in [0.15, 0.2) is 0 Å². The standard InChI is InChI=1S/C13H22O5/c1-16-12(15)8-7-11(5-4-9-14)18-13-6-2-3-10-17-13/h9,11,13H,2-8,10H2,1H3/t11-,13?/m1/s1. The highest BCUT2D eigenvalue weighted by Gasteiger charge is 2.20. The minimum absolute atomic E-state index is 0.114. The summed E-state index contributed by atoms with van der Waals surface area (Å²) in [6.45, 7) is 0.724. The fraction of sp³-hybridized carbons (Fsp3) is 0.846. The van der Waals surface area contributed by atoms with Crippen LogP contribution in [0, 0.1) is 0 Å². The molecule has 0 aromatic rings. The number of methoxy groups -OCH3 is 1.